The number of fused-ring (bicyclic) bond motifs is 3. The van der Waals surface area contributed by atoms with Crippen LogP contribution in [0.3, 0.4) is 0 Å². The number of carbonyl (C=O) groups excluding carboxylic acids is 1. The molecule has 2 aromatic rings. The average Bonchev–Trinajstić information content (AvgIpc) is 3.41. The number of rotatable bonds is 5. The number of carbonyl (C=O) groups is 1. The van der Waals surface area contributed by atoms with Crippen molar-refractivity contribution in [3.63, 3.8) is 0 Å². The monoisotopic (exact) mass is 475 g/mol. The number of piperidine rings is 1. The van der Waals surface area contributed by atoms with Crippen molar-refractivity contribution in [3.8, 4) is 0 Å². The molecule has 2 fully saturated rings. The first-order valence-electron chi connectivity index (χ1n) is 12.1. The Bertz CT molecular complexity index is 1050. The van der Waals surface area contributed by atoms with E-state index < -0.39 is 0 Å². The van der Waals surface area contributed by atoms with Crippen molar-refractivity contribution in [1.82, 2.24) is 14.5 Å². The minimum Gasteiger partial charge on any atom is -0.376 e. The van der Waals surface area contributed by atoms with E-state index in [9.17, 15) is 9.59 Å². The molecule has 2 aliphatic heterocycles. The van der Waals surface area contributed by atoms with E-state index in [0.29, 0.717) is 29.3 Å². The van der Waals surface area contributed by atoms with E-state index in [2.05, 4.69) is 13.8 Å². The molecule has 5 rings (SSSR count). The fourth-order valence-corrected chi connectivity index (χ4v) is 7.78. The molecule has 8 heteroatoms. The lowest BCUT2D eigenvalue weighted by atomic mass is 9.92. The first-order valence-corrected chi connectivity index (χ1v) is 13.9. The molecule has 2 saturated heterocycles. The molecule has 3 atom stereocenters. The number of aryl methyl sites for hydroxylation is 2. The highest BCUT2D eigenvalue weighted by Gasteiger charge is 2.28. The van der Waals surface area contributed by atoms with E-state index in [1.807, 2.05) is 4.90 Å². The third-order valence-electron chi connectivity index (χ3n) is 7.00. The van der Waals surface area contributed by atoms with Gasteiger partial charge in [0.25, 0.3) is 5.56 Å². The summed E-state index contributed by atoms with van der Waals surface area (Å²) in [5.41, 5.74) is 1.28. The summed E-state index contributed by atoms with van der Waals surface area (Å²) in [7, 11) is 0. The fourth-order valence-electron chi connectivity index (χ4n) is 5.57. The molecule has 1 amide bonds. The maximum atomic E-state index is 13.7. The van der Waals surface area contributed by atoms with E-state index in [-0.39, 0.29) is 17.6 Å². The van der Waals surface area contributed by atoms with Gasteiger partial charge in [-0.1, -0.05) is 25.6 Å². The van der Waals surface area contributed by atoms with Crippen LogP contribution in [0.25, 0.3) is 10.2 Å². The minimum atomic E-state index is 0.0556. The summed E-state index contributed by atoms with van der Waals surface area (Å²) in [5, 5.41) is 1.49. The van der Waals surface area contributed by atoms with Gasteiger partial charge < -0.3 is 9.64 Å². The number of thioether (sulfide) groups is 1. The summed E-state index contributed by atoms with van der Waals surface area (Å²) in [6, 6.07) is 0. The molecule has 2 aromatic heterocycles. The second-order valence-corrected chi connectivity index (χ2v) is 11.9. The van der Waals surface area contributed by atoms with Crippen LogP contribution in [-0.4, -0.2) is 51.9 Å². The van der Waals surface area contributed by atoms with Crippen LogP contribution in [0, 0.1) is 11.8 Å². The number of ether oxygens (including phenoxy) is 1. The van der Waals surface area contributed by atoms with Crippen LogP contribution >= 0.6 is 23.1 Å². The second kappa shape index (κ2) is 9.47. The normalized spacial score (nSPS) is 25.9. The summed E-state index contributed by atoms with van der Waals surface area (Å²) < 4.78 is 7.65. The number of aromatic nitrogens is 2. The first kappa shape index (κ1) is 22.4. The molecule has 4 heterocycles. The van der Waals surface area contributed by atoms with Crippen LogP contribution in [0.2, 0.25) is 0 Å². The smallest absolute Gasteiger partial charge is 0.263 e. The van der Waals surface area contributed by atoms with Crippen LogP contribution in [-0.2, 0) is 28.9 Å². The first-order chi connectivity index (χ1) is 15.5. The van der Waals surface area contributed by atoms with Gasteiger partial charge in [0, 0.05) is 24.6 Å². The molecule has 6 nitrogen and oxygen atoms in total. The number of nitrogens with zero attached hydrogens (tertiary/aromatic N) is 3. The quantitative estimate of drug-likeness (QED) is 0.481. The van der Waals surface area contributed by atoms with Crippen molar-refractivity contribution < 1.29 is 9.53 Å². The lowest BCUT2D eigenvalue weighted by Gasteiger charge is -2.35. The second-order valence-electron chi connectivity index (χ2n) is 9.87. The van der Waals surface area contributed by atoms with Crippen LogP contribution < -0.4 is 5.56 Å². The Balaban J connectivity index is 1.44. The summed E-state index contributed by atoms with van der Waals surface area (Å²) in [5.74, 6) is 1.56. The van der Waals surface area contributed by atoms with Gasteiger partial charge in [-0.3, -0.25) is 14.2 Å². The SMILES string of the molecule is C[C@@H]1C[C@H](C)CN(C(=O)CSc2nc3sc4c(c3c(=O)n2C[C@@H]2CCCO2)CCCC4)C1. The van der Waals surface area contributed by atoms with E-state index >= 15 is 0 Å². The van der Waals surface area contributed by atoms with E-state index in [1.165, 1.54) is 35.0 Å². The molecule has 3 aliphatic rings. The molecule has 32 heavy (non-hydrogen) atoms. The third kappa shape index (κ3) is 4.50. The predicted octanol–water partition coefficient (Wildman–Crippen LogP) is 4.11. The zero-order chi connectivity index (χ0) is 22.2. The van der Waals surface area contributed by atoms with Gasteiger partial charge in [0.05, 0.1) is 23.8 Å². The highest BCUT2D eigenvalue weighted by Crippen LogP contribution is 2.35. The molecule has 0 unspecified atom stereocenters. The highest BCUT2D eigenvalue weighted by molar-refractivity contribution is 7.99. The fraction of sp³-hybridized carbons (Fsp3) is 0.708. The van der Waals surface area contributed by atoms with Crippen LogP contribution in [0.5, 0.6) is 0 Å². The Kier molecular flexibility index (Phi) is 6.63. The molecule has 174 valence electrons. The third-order valence-corrected chi connectivity index (χ3v) is 9.14. The van der Waals surface area contributed by atoms with Crippen molar-refractivity contribution in [2.75, 3.05) is 25.4 Å². The van der Waals surface area contributed by atoms with Crippen molar-refractivity contribution in [1.29, 1.82) is 0 Å². The Labute approximate surface area is 197 Å². The molecule has 0 bridgehead atoms. The summed E-state index contributed by atoms with van der Waals surface area (Å²) in [6.07, 6.45) is 7.60. The molecule has 0 N–H and O–H groups in total. The van der Waals surface area contributed by atoms with Gasteiger partial charge in [0.2, 0.25) is 5.91 Å². The van der Waals surface area contributed by atoms with Gasteiger partial charge in [0.15, 0.2) is 5.16 Å². The lowest BCUT2D eigenvalue weighted by molar-refractivity contribution is -0.130. The van der Waals surface area contributed by atoms with Gasteiger partial charge in [-0.15, -0.1) is 11.3 Å². The van der Waals surface area contributed by atoms with Gasteiger partial charge in [-0.25, -0.2) is 4.98 Å². The van der Waals surface area contributed by atoms with Crippen molar-refractivity contribution in [3.05, 3.63) is 20.8 Å². The average molecular weight is 476 g/mol. The Morgan fingerprint density at radius 1 is 1.19 bits per heavy atom. The zero-order valence-corrected chi connectivity index (χ0v) is 20.7. The summed E-state index contributed by atoms with van der Waals surface area (Å²) in [6.45, 7) is 7.38. The van der Waals surface area contributed by atoms with E-state index in [1.54, 1.807) is 15.9 Å². The van der Waals surface area contributed by atoms with Crippen LogP contribution in [0.15, 0.2) is 9.95 Å². The summed E-state index contributed by atoms with van der Waals surface area (Å²) in [4.78, 5) is 35.8. The zero-order valence-electron chi connectivity index (χ0n) is 19.1. The number of thiophene rings is 1. The van der Waals surface area contributed by atoms with Gasteiger partial charge in [0.1, 0.15) is 4.83 Å². The summed E-state index contributed by atoms with van der Waals surface area (Å²) >= 11 is 3.10. The molecular weight excluding hydrogens is 442 g/mol. The van der Waals surface area contributed by atoms with Crippen molar-refractivity contribution in [2.45, 2.75) is 76.6 Å². The topological polar surface area (TPSA) is 64.4 Å². The maximum absolute atomic E-state index is 13.7. The van der Waals surface area contributed by atoms with Crippen molar-refractivity contribution in [2.24, 2.45) is 11.8 Å². The van der Waals surface area contributed by atoms with Crippen LogP contribution in [0.1, 0.15) is 56.4 Å². The molecular formula is C24H33N3O3S2. The maximum Gasteiger partial charge on any atom is 0.263 e. The number of likely N-dealkylation sites (tertiary alicyclic amines) is 1. The predicted molar refractivity (Wildman–Crippen MR) is 130 cm³/mol. The Hall–Kier alpha value is -1.38. The molecule has 0 radical (unpaired) electrons. The van der Waals surface area contributed by atoms with E-state index in [0.717, 1.165) is 62.0 Å². The molecule has 0 aromatic carbocycles. The number of amides is 1. The minimum absolute atomic E-state index is 0.0556. The standard InChI is InChI=1S/C24H33N3O3S2/c1-15-10-16(2)12-26(11-15)20(28)14-31-24-25-22-21(18-7-3-4-8-19(18)32-22)23(29)27(24)13-17-6-5-9-30-17/h15-17H,3-14H2,1-2H3/t15-,16+,17-/m0/s1. The van der Waals surface area contributed by atoms with Gasteiger partial charge >= 0.3 is 0 Å². The highest BCUT2D eigenvalue weighted by atomic mass is 32.2. The lowest BCUT2D eigenvalue weighted by Crippen LogP contribution is -2.43. The van der Waals surface area contributed by atoms with Crippen molar-refractivity contribution >= 4 is 39.2 Å². The molecule has 0 spiro atoms. The Morgan fingerprint density at radius 3 is 2.72 bits per heavy atom. The molecule has 0 saturated carbocycles. The van der Waals surface area contributed by atoms with E-state index in [4.69, 9.17) is 9.72 Å². The van der Waals surface area contributed by atoms with Crippen LogP contribution in [0.4, 0.5) is 0 Å². The number of hydrogen-bond acceptors (Lipinski definition) is 6. The Morgan fingerprint density at radius 2 is 1.97 bits per heavy atom. The largest absolute Gasteiger partial charge is 0.376 e. The van der Waals surface area contributed by atoms with Gasteiger partial charge in [-0.2, -0.15) is 0 Å². The van der Waals surface area contributed by atoms with Gasteiger partial charge in [-0.05, 0) is 62.3 Å². The number of hydrogen-bond donors (Lipinski definition) is 0. The molecule has 1 aliphatic carbocycles.